The molecule has 48 heavy (non-hydrogen) atoms. The van der Waals surface area contributed by atoms with Crippen molar-refractivity contribution in [2.45, 2.75) is 45.3 Å². The second kappa shape index (κ2) is 14.6. The molecule has 5 rings (SSSR count). The maximum absolute atomic E-state index is 12.5. The number of piperidine rings is 1. The van der Waals surface area contributed by atoms with Crippen LogP contribution in [-0.4, -0.2) is 106 Å². The topological polar surface area (TPSA) is 132 Å². The Bertz CT molecular complexity index is 1700. The molecule has 3 heterocycles. The van der Waals surface area contributed by atoms with Crippen molar-refractivity contribution in [2.24, 2.45) is 0 Å². The van der Waals surface area contributed by atoms with Crippen LogP contribution in [0.4, 0.5) is 39.3 Å². The van der Waals surface area contributed by atoms with Crippen molar-refractivity contribution in [1.82, 2.24) is 19.8 Å². The summed E-state index contributed by atoms with van der Waals surface area (Å²) < 4.78 is 36.9. The summed E-state index contributed by atoms with van der Waals surface area (Å²) in [7, 11) is -0.379. The second-order valence-corrected chi connectivity index (χ2v) is 15.4. The number of para-hydroxylation sites is 2. The predicted molar refractivity (Wildman–Crippen MR) is 191 cm³/mol. The first-order valence-corrected chi connectivity index (χ1v) is 18.2. The largest absolute Gasteiger partial charge is 0.494 e. The molecule has 0 spiro atoms. The van der Waals surface area contributed by atoms with Crippen LogP contribution in [-0.2, 0) is 14.8 Å². The first-order chi connectivity index (χ1) is 22.7. The fourth-order valence-electron chi connectivity index (χ4n) is 5.86. The Labute approximate surface area is 288 Å². The molecular weight excluding hydrogens is 656 g/mol. The zero-order chi connectivity index (χ0) is 34.6. The number of hydrogen-bond acceptors (Lipinski definition) is 11. The summed E-state index contributed by atoms with van der Waals surface area (Å²) >= 11 is 6.43. The number of carbonyl (C=O) groups is 1. The molecule has 260 valence electrons. The third-order valence-corrected chi connectivity index (χ3v) is 9.95. The molecule has 2 aromatic carbocycles. The number of nitrogens with one attached hydrogen (secondary N) is 2. The third kappa shape index (κ3) is 8.71. The predicted octanol–water partition coefficient (Wildman–Crippen LogP) is 5.54. The van der Waals surface area contributed by atoms with E-state index in [1.54, 1.807) is 31.4 Å². The lowest BCUT2D eigenvalue weighted by atomic mass is 10.0. The number of likely N-dealkylation sites (tertiary alicyclic amines) is 1. The Balaban J connectivity index is 1.20. The average molecular weight is 701 g/mol. The number of halogens is 1. The average Bonchev–Trinajstić information content (AvgIpc) is 3.05. The highest BCUT2D eigenvalue weighted by Gasteiger charge is 2.31. The fourth-order valence-corrected chi connectivity index (χ4v) is 6.52. The second-order valence-electron chi connectivity index (χ2n) is 13.0. The molecule has 13 nitrogen and oxygen atoms in total. The summed E-state index contributed by atoms with van der Waals surface area (Å²) in [5, 5.41) is 6.65. The highest BCUT2D eigenvalue weighted by atomic mass is 35.5. The summed E-state index contributed by atoms with van der Waals surface area (Å²) in [6.07, 6.45) is 4.29. The van der Waals surface area contributed by atoms with Crippen molar-refractivity contribution in [1.29, 1.82) is 0 Å². The van der Waals surface area contributed by atoms with Crippen LogP contribution in [0.3, 0.4) is 0 Å². The van der Waals surface area contributed by atoms with Gasteiger partial charge in [0.2, 0.25) is 16.0 Å². The molecule has 2 N–H and O–H groups in total. The minimum absolute atomic E-state index is 0.224. The highest BCUT2D eigenvalue weighted by molar-refractivity contribution is 7.92. The van der Waals surface area contributed by atoms with Crippen LogP contribution in [0.15, 0.2) is 48.7 Å². The van der Waals surface area contributed by atoms with E-state index in [1.807, 2.05) is 43.9 Å². The van der Waals surface area contributed by atoms with Crippen LogP contribution < -0.4 is 24.6 Å². The Morgan fingerprint density at radius 1 is 1.00 bits per heavy atom. The van der Waals surface area contributed by atoms with E-state index < -0.39 is 15.6 Å². The lowest BCUT2D eigenvalue weighted by Crippen LogP contribution is -2.54. The zero-order valence-electron chi connectivity index (χ0n) is 28.4. The number of methoxy groups -OCH3 is 1. The van der Waals surface area contributed by atoms with Crippen molar-refractivity contribution in [2.75, 3.05) is 79.5 Å². The minimum atomic E-state index is -3.49. The van der Waals surface area contributed by atoms with Gasteiger partial charge in [0.25, 0.3) is 0 Å². The van der Waals surface area contributed by atoms with Crippen molar-refractivity contribution < 1.29 is 22.7 Å². The molecule has 0 bridgehead atoms. The molecule has 1 amide bonds. The van der Waals surface area contributed by atoms with Crippen molar-refractivity contribution in [3.8, 4) is 5.75 Å². The zero-order valence-corrected chi connectivity index (χ0v) is 29.9. The first-order valence-electron chi connectivity index (χ1n) is 16.0. The number of ether oxygens (including phenoxy) is 2. The van der Waals surface area contributed by atoms with Gasteiger partial charge < -0.3 is 29.9 Å². The monoisotopic (exact) mass is 700 g/mol. The third-order valence-electron chi connectivity index (χ3n) is 8.48. The van der Waals surface area contributed by atoms with Crippen molar-refractivity contribution >= 4 is 62.2 Å². The van der Waals surface area contributed by atoms with E-state index in [9.17, 15) is 13.2 Å². The maximum atomic E-state index is 12.5. The number of hydrogen-bond donors (Lipinski definition) is 2. The molecule has 0 aliphatic carbocycles. The number of carbonyl (C=O) groups excluding carboxylic acids is 1. The van der Waals surface area contributed by atoms with Gasteiger partial charge in [-0.1, -0.05) is 23.7 Å². The van der Waals surface area contributed by atoms with Crippen LogP contribution in [0, 0.1) is 0 Å². The van der Waals surface area contributed by atoms with Gasteiger partial charge >= 0.3 is 6.09 Å². The lowest BCUT2D eigenvalue weighted by molar-refractivity contribution is 0.0140. The van der Waals surface area contributed by atoms with Gasteiger partial charge in [0.05, 0.1) is 36.6 Å². The van der Waals surface area contributed by atoms with E-state index in [-0.39, 0.29) is 17.1 Å². The van der Waals surface area contributed by atoms with Gasteiger partial charge in [0, 0.05) is 64.1 Å². The van der Waals surface area contributed by atoms with E-state index in [2.05, 4.69) is 30.4 Å². The quantitative estimate of drug-likeness (QED) is 0.292. The van der Waals surface area contributed by atoms with Gasteiger partial charge in [-0.05, 0) is 57.9 Å². The van der Waals surface area contributed by atoms with E-state index in [0.717, 1.165) is 51.0 Å². The first kappa shape index (κ1) is 35.3. The smallest absolute Gasteiger partial charge is 0.410 e. The van der Waals surface area contributed by atoms with Crippen LogP contribution in [0.1, 0.15) is 33.6 Å². The Kier molecular flexibility index (Phi) is 10.8. The minimum Gasteiger partial charge on any atom is -0.494 e. The number of nitrogens with zero attached hydrogens (tertiary/aromatic N) is 6. The van der Waals surface area contributed by atoms with Crippen LogP contribution in [0.5, 0.6) is 5.75 Å². The van der Waals surface area contributed by atoms with E-state index in [0.29, 0.717) is 47.8 Å². The van der Waals surface area contributed by atoms with E-state index >= 15 is 0 Å². The van der Waals surface area contributed by atoms with Gasteiger partial charge in [-0.2, -0.15) is 4.98 Å². The number of anilines is 6. The molecule has 2 aliphatic rings. The molecule has 2 fully saturated rings. The van der Waals surface area contributed by atoms with Gasteiger partial charge in [-0.3, -0.25) is 9.21 Å². The molecule has 0 unspecified atom stereocenters. The van der Waals surface area contributed by atoms with Crippen molar-refractivity contribution in [3.63, 3.8) is 0 Å². The molecular formula is C33H45ClN8O5S. The Hall–Kier alpha value is -4.01. The van der Waals surface area contributed by atoms with Crippen LogP contribution >= 0.6 is 11.6 Å². The number of piperazine rings is 1. The Morgan fingerprint density at radius 3 is 2.33 bits per heavy atom. The van der Waals surface area contributed by atoms with Gasteiger partial charge in [-0.25, -0.2) is 18.2 Å². The number of rotatable bonds is 9. The van der Waals surface area contributed by atoms with E-state index in [4.69, 9.17) is 21.1 Å². The molecule has 1 aromatic heterocycles. The van der Waals surface area contributed by atoms with Gasteiger partial charge in [-0.15, -0.1) is 0 Å². The lowest BCUT2D eigenvalue weighted by Gasteiger charge is -2.43. The standard InChI is InChI=1S/C33H45ClN8O5S/c1-33(2,3)47-32(43)42-15-13-23(14-16-42)40-17-19-41(20-18-40)24-11-12-27(29(21-24)46-5)37-31-35-22-25(34)30(38-31)36-26-9-7-8-10-28(26)39(4)48(6,44)45/h7-12,21-23H,13-20H2,1-6H3,(H2,35,36,37,38). The molecule has 2 saturated heterocycles. The van der Waals surface area contributed by atoms with Crippen LogP contribution in [0.25, 0.3) is 0 Å². The fraction of sp³-hybridized carbons (Fsp3) is 0.485. The SMILES string of the molecule is COc1cc(N2CCN(C3CCN(C(=O)OC(C)(C)C)CC3)CC2)ccc1Nc1ncc(Cl)c(Nc2ccccc2N(C)S(C)(=O)=O)n1. The molecule has 0 saturated carbocycles. The number of aromatic nitrogens is 2. The summed E-state index contributed by atoms with van der Waals surface area (Å²) in [6.45, 7) is 10.8. The van der Waals surface area contributed by atoms with E-state index in [1.165, 1.54) is 17.5 Å². The number of amides is 1. The summed E-state index contributed by atoms with van der Waals surface area (Å²) in [4.78, 5) is 28.1. The van der Waals surface area contributed by atoms with Crippen molar-refractivity contribution in [3.05, 3.63) is 53.7 Å². The maximum Gasteiger partial charge on any atom is 0.410 e. The molecule has 0 radical (unpaired) electrons. The van der Waals surface area contributed by atoms with Gasteiger partial charge in [0.1, 0.15) is 16.4 Å². The van der Waals surface area contributed by atoms with Crippen LogP contribution in [0.2, 0.25) is 5.02 Å². The Morgan fingerprint density at radius 2 is 1.69 bits per heavy atom. The summed E-state index contributed by atoms with van der Waals surface area (Å²) in [5.74, 6) is 1.23. The highest BCUT2D eigenvalue weighted by Crippen LogP contribution is 2.35. The summed E-state index contributed by atoms with van der Waals surface area (Å²) in [6, 6.07) is 13.4. The molecule has 0 atom stereocenters. The number of sulfonamides is 1. The molecule has 2 aliphatic heterocycles. The molecule has 15 heteroatoms. The molecule has 3 aromatic rings. The number of benzene rings is 2. The van der Waals surface area contributed by atoms with Gasteiger partial charge in [0.15, 0.2) is 5.82 Å². The summed E-state index contributed by atoms with van der Waals surface area (Å²) in [5.41, 5.74) is 2.22. The normalized spacial score (nSPS) is 16.4.